The molecule has 0 spiro atoms. The number of nitrogens with one attached hydrogen (secondary N) is 2. The highest BCUT2D eigenvalue weighted by molar-refractivity contribution is 5.93. The Morgan fingerprint density at radius 2 is 1.89 bits per heavy atom. The molecule has 0 aliphatic heterocycles. The third kappa shape index (κ3) is 7.48. The molecule has 0 saturated carbocycles. The Morgan fingerprint density at radius 1 is 1.07 bits per heavy atom. The first kappa shape index (κ1) is 20.4. The van der Waals surface area contributed by atoms with Crippen LogP contribution in [-0.2, 0) is 4.79 Å². The second-order valence-corrected chi connectivity index (χ2v) is 6.42. The van der Waals surface area contributed by atoms with Gasteiger partial charge in [-0.15, -0.1) is 0 Å². The number of unbranched alkanes of at least 4 members (excludes halogenated alkanes) is 1. The van der Waals surface area contributed by atoms with Gasteiger partial charge >= 0.3 is 0 Å². The predicted molar refractivity (Wildman–Crippen MR) is 105 cm³/mol. The summed E-state index contributed by atoms with van der Waals surface area (Å²) in [4.78, 5) is 27.5. The molecule has 2 N–H and O–H groups in total. The van der Waals surface area contributed by atoms with Crippen LogP contribution < -0.4 is 15.4 Å². The monoisotopic (exact) mass is 369 g/mol. The Balaban J connectivity index is 1.52. The lowest BCUT2D eigenvalue weighted by atomic mass is 10.1. The van der Waals surface area contributed by atoms with Gasteiger partial charge < -0.3 is 15.4 Å². The van der Waals surface area contributed by atoms with Gasteiger partial charge in [-0.25, -0.2) is 0 Å². The van der Waals surface area contributed by atoms with E-state index < -0.39 is 0 Å². The van der Waals surface area contributed by atoms with Crippen LogP contribution >= 0.6 is 0 Å². The topological polar surface area (TPSA) is 80.3 Å². The van der Waals surface area contributed by atoms with Gasteiger partial charge in [-0.05, 0) is 56.0 Å². The highest BCUT2D eigenvalue weighted by atomic mass is 16.5. The fraction of sp³-hybridized carbons (Fsp3) is 0.381. The quantitative estimate of drug-likeness (QED) is 0.631. The SMILES string of the molecule is Cc1ccc(C)c(OCCCCC(=O)NCCNC(=O)c2cccnc2)c1. The Hall–Kier alpha value is -2.89. The summed E-state index contributed by atoms with van der Waals surface area (Å²) in [6, 6.07) is 9.54. The van der Waals surface area contributed by atoms with Gasteiger partial charge in [0.05, 0.1) is 12.2 Å². The first-order valence-corrected chi connectivity index (χ1v) is 9.21. The number of hydrogen-bond acceptors (Lipinski definition) is 4. The summed E-state index contributed by atoms with van der Waals surface area (Å²) in [6.45, 7) is 5.45. The third-order valence-electron chi connectivity index (χ3n) is 4.06. The normalized spacial score (nSPS) is 10.3. The van der Waals surface area contributed by atoms with Crippen molar-refractivity contribution in [2.24, 2.45) is 0 Å². The lowest BCUT2D eigenvalue weighted by molar-refractivity contribution is -0.121. The first-order chi connectivity index (χ1) is 13.1. The highest BCUT2D eigenvalue weighted by Gasteiger charge is 2.05. The molecule has 0 radical (unpaired) electrons. The van der Waals surface area contributed by atoms with Crippen molar-refractivity contribution in [2.75, 3.05) is 19.7 Å². The molecule has 0 aliphatic rings. The maximum absolute atomic E-state index is 11.8. The van der Waals surface area contributed by atoms with Crippen molar-refractivity contribution < 1.29 is 14.3 Å². The Morgan fingerprint density at radius 3 is 2.67 bits per heavy atom. The van der Waals surface area contributed by atoms with Crippen LogP contribution in [0.1, 0.15) is 40.7 Å². The van der Waals surface area contributed by atoms with E-state index in [1.807, 2.05) is 26.0 Å². The number of carbonyl (C=O) groups is 2. The minimum atomic E-state index is -0.194. The molecular weight excluding hydrogens is 342 g/mol. The van der Waals surface area contributed by atoms with Crippen LogP contribution in [0.3, 0.4) is 0 Å². The second kappa shape index (κ2) is 11.0. The maximum atomic E-state index is 11.8. The molecule has 0 unspecified atom stereocenters. The van der Waals surface area contributed by atoms with E-state index in [9.17, 15) is 9.59 Å². The van der Waals surface area contributed by atoms with Crippen LogP contribution in [0.15, 0.2) is 42.7 Å². The average molecular weight is 369 g/mol. The molecule has 6 heteroatoms. The van der Waals surface area contributed by atoms with Gasteiger partial charge in [-0.3, -0.25) is 14.6 Å². The molecule has 1 aromatic carbocycles. The molecule has 6 nitrogen and oxygen atoms in total. The standard InChI is InChI=1S/C21H27N3O3/c1-16-8-9-17(2)19(14-16)27-13-4-3-7-20(25)23-11-12-24-21(26)18-6-5-10-22-15-18/h5-6,8-10,14-15H,3-4,7,11-13H2,1-2H3,(H,23,25)(H,24,26). The summed E-state index contributed by atoms with van der Waals surface area (Å²) in [6.07, 6.45) is 5.16. The smallest absolute Gasteiger partial charge is 0.252 e. The van der Waals surface area contributed by atoms with Crippen molar-refractivity contribution in [3.05, 3.63) is 59.4 Å². The first-order valence-electron chi connectivity index (χ1n) is 9.21. The number of ether oxygens (including phenoxy) is 1. The zero-order chi connectivity index (χ0) is 19.5. The second-order valence-electron chi connectivity index (χ2n) is 6.42. The van der Waals surface area contributed by atoms with E-state index in [1.165, 1.54) is 11.8 Å². The summed E-state index contributed by atoms with van der Waals surface area (Å²) in [5, 5.41) is 5.55. The number of benzene rings is 1. The number of hydrogen-bond donors (Lipinski definition) is 2. The minimum Gasteiger partial charge on any atom is -0.493 e. The summed E-state index contributed by atoms with van der Waals surface area (Å²) in [5.41, 5.74) is 2.80. The summed E-state index contributed by atoms with van der Waals surface area (Å²) in [5.74, 6) is 0.696. The van der Waals surface area contributed by atoms with Gasteiger partial charge in [0, 0.05) is 31.9 Å². The van der Waals surface area contributed by atoms with Crippen molar-refractivity contribution in [3.63, 3.8) is 0 Å². The molecule has 144 valence electrons. The molecule has 0 atom stereocenters. The fourth-order valence-electron chi connectivity index (χ4n) is 2.50. The number of pyridine rings is 1. The van der Waals surface area contributed by atoms with Gasteiger partial charge in [0.25, 0.3) is 5.91 Å². The van der Waals surface area contributed by atoms with E-state index >= 15 is 0 Å². The molecule has 0 bridgehead atoms. The predicted octanol–water partition coefficient (Wildman–Crippen LogP) is 2.79. The lowest BCUT2D eigenvalue weighted by Gasteiger charge is -2.10. The zero-order valence-corrected chi connectivity index (χ0v) is 16.0. The minimum absolute atomic E-state index is 0.0163. The maximum Gasteiger partial charge on any atom is 0.252 e. The molecule has 2 aromatic rings. The van der Waals surface area contributed by atoms with Gasteiger partial charge in [0.1, 0.15) is 5.75 Å². The van der Waals surface area contributed by atoms with Gasteiger partial charge in [-0.1, -0.05) is 12.1 Å². The van der Waals surface area contributed by atoms with Crippen LogP contribution in [-0.4, -0.2) is 36.5 Å². The Bertz CT molecular complexity index is 748. The van der Waals surface area contributed by atoms with Crippen molar-refractivity contribution in [1.82, 2.24) is 15.6 Å². The van der Waals surface area contributed by atoms with E-state index in [1.54, 1.807) is 18.3 Å². The van der Waals surface area contributed by atoms with Crippen molar-refractivity contribution in [2.45, 2.75) is 33.1 Å². The van der Waals surface area contributed by atoms with E-state index in [2.05, 4.69) is 21.7 Å². The molecule has 1 aromatic heterocycles. The summed E-state index contributed by atoms with van der Waals surface area (Å²) >= 11 is 0. The highest BCUT2D eigenvalue weighted by Crippen LogP contribution is 2.19. The third-order valence-corrected chi connectivity index (χ3v) is 4.06. The van der Waals surface area contributed by atoms with Crippen LogP contribution in [0.5, 0.6) is 5.75 Å². The Labute approximate surface area is 160 Å². The van der Waals surface area contributed by atoms with E-state index in [0.29, 0.717) is 31.7 Å². The van der Waals surface area contributed by atoms with Crippen LogP contribution in [0.25, 0.3) is 0 Å². The van der Waals surface area contributed by atoms with E-state index in [4.69, 9.17) is 4.74 Å². The van der Waals surface area contributed by atoms with Crippen LogP contribution in [0.2, 0.25) is 0 Å². The number of aryl methyl sites for hydroxylation is 2. The van der Waals surface area contributed by atoms with Crippen molar-refractivity contribution in [3.8, 4) is 5.75 Å². The molecule has 2 rings (SSSR count). The Kier molecular flexibility index (Phi) is 8.29. The molecule has 27 heavy (non-hydrogen) atoms. The van der Waals surface area contributed by atoms with Crippen LogP contribution in [0, 0.1) is 13.8 Å². The molecular formula is C21H27N3O3. The molecule has 0 aliphatic carbocycles. The molecule has 1 heterocycles. The molecule has 0 fully saturated rings. The number of rotatable bonds is 10. The number of nitrogens with zero attached hydrogens (tertiary/aromatic N) is 1. The summed E-state index contributed by atoms with van der Waals surface area (Å²) < 4.78 is 5.78. The van der Waals surface area contributed by atoms with E-state index in [-0.39, 0.29) is 11.8 Å². The van der Waals surface area contributed by atoms with E-state index in [0.717, 1.165) is 24.2 Å². The number of carbonyl (C=O) groups excluding carboxylic acids is 2. The van der Waals surface area contributed by atoms with Crippen molar-refractivity contribution in [1.29, 1.82) is 0 Å². The van der Waals surface area contributed by atoms with Crippen molar-refractivity contribution >= 4 is 11.8 Å². The zero-order valence-electron chi connectivity index (χ0n) is 16.0. The summed E-state index contributed by atoms with van der Waals surface area (Å²) in [7, 11) is 0. The fourth-order valence-corrected chi connectivity index (χ4v) is 2.50. The van der Waals surface area contributed by atoms with Gasteiger partial charge in [-0.2, -0.15) is 0 Å². The largest absolute Gasteiger partial charge is 0.493 e. The molecule has 2 amide bonds. The lowest BCUT2D eigenvalue weighted by Crippen LogP contribution is -2.34. The average Bonchev–Trinajstić information content (AvgIpc) is 2.68. The van der Waals surface area contributed by atoms with Crippen LogP contribution in [0.4, 0.5) is 0 Å². The molecule has 0 saturated heterocycles. The number of aromatic nitrogens is 1. The number of amides is 2. The van der Waals surface area contributed by atoms with Gasteiger partial charge in [0.15, 0.2) is 0 Å². The van der Waals surface area contributed by atoms with Gasteiger partial charge in [0.2, 0.25) is 5.91 Å².